The third-order valence-corrected chi connectivity index (χ3v) is 2.38. The highest BCUT2D eigenvalue weighted by molar-refractivity contribution is 5.74. The monoisotopic (exact) mass is 232 g/mol. The van der Waals surface area contributed by atoms with Gasteiger partial charge in [0, 0.05) is 19.6 Å². The molecule has 3 nitrogen and oxygen atoms in total. The van der Waals surface area contributed by atoms with Crippen LogP contribution in [0.15, 0.2) is 43.0 Å². The van der Waals surface area contributed by atoms with Crippen LogP contribution in [0.5, 0.6) is 0 Å². The Morgan fingerprint density at radius 3 is 2.71 bits per heavy atom. The van der Waals surface area contributed by atoms with Gasteiger partial charge in [-0.2, -0.15) is 0 Å². The number of benzene rings is 1. The Kier molecular flexibility index (Phi) is 5.86. The van der Waals surface area contributed by atoms with Crippen LogP contribution in [0.1, 0.15) is 18.9 Å². The van der Waals surface area contributed by atoms with Gasteiger partial charge in [-0.1, -0.05) is 43.3 Å². The van der Waals surface area contributed by atoms with Crippen molar-refractivity contribution in [2.45, 2.75) is 19.9 Å². The molecule has 0 aromatic heterocycles. The molecule has 92 valence electrons. The topological polar surface area (TPSA) is 32.3 Å². The quantitative estimate of drug-likeness (QED) is 0.751. The second-order valence-corrected chi connectivity index (χ2v) is 3.89. The van der Waals surface area contributed by atoms with E-state index < -0.39 is 0 Å². The van der Waals surface area contributed by atoms with Gasteiger partial charge in [0.05, 0.1) is 0 Å². The zero-order valence-corrected chi connectivity index (χ0v) is 10.4. The van der Waals surface area contributed by atoms with Gasteiger partial charge in [-0.15, -0.1) is 6.58 Å². The molecule has 0 heterocycles. The average Bonchev–Trinajstić information content (AvgIpc) is 2.36. The maximum Gasteiger partial charge on any atom is 0.317 e. The minimum Gasteiger partial charge on any atom is -0.338 e. The van der Waals surface area contributed by atoms with Crippen molar-refractivity contribution in [3.63, 3.8) is 0 Å². The van der Waals surface area contributed by atoms with Crippen LogP contribution >= 0.6 is 0 Å². The summed E-state index contributed by atoms with van der Waals surface area (Å²) < 4.78 is 0. The number of rotatable bonds is 6. The highest BCUT2D eigenvalue weighted by atomic mass is 16.2. The van der Waals surface area contributed by atoms with E-state index in [0.717, 1.165) is 12.0 Å². The molecule has 0 aliphatic heterocycles. The molecule has 2 amide bonds. The molecule has 0 bridgehead atoms. The molecule has 1 N–H and O–H groups in total. The van der Waals surface area contributed by atoms with Crippen LogP contribution in [0.2, 0.25) is 0 Å². The Hall–Kier alpha value is -1.77. The van der Waals surface area contributed by atoms with Gasteiger partial charge in [0.2, 0.25) is 0 Å². The van der Waals surface area contributed by atoms with Crippen LogP contribution in [0, 0.1) is 0 Å². The van der Waals surface area contributed by atoms with E-state index in [0.29, 0.717) is 19.6 Å². The van der Waals surface area contributed by atoms with Gasteiger partial charge >= 0.3 is 6.03 Å². The van der Waals surface area contributed by atoms with Crippen molar-refractivity contribution in [1.82, 2.24) is 10.2 Å². The molecule has 1 aromatic rings. The lowest BCUT2D eigenvalue weighted by atomic mass is 10.2. The van der Waals surface area contributed by atoms with E-state index in [4.69, 9.17) is 0 Å². The minimum absolute atomic E-state index is 0.0318. The predicted molar refractivity (Wildman–Crippen MR) is 70.7 cm³/mol. The number of nitrogens with zero attached hydrogens (tertiary/aromatic N) is 1. The first kappa shape index (κ1) is 13.3. The lowest BCUT2D eigenvalue weighted by Gasteiger charge is -2.21. The van der Waals surface area contributed by atoms with E-state index in [1.54, 1.807) is 11.0 Å². The highest BCUT2D eigenvalue weighted by Crippen LogP contribution is 2.04. The molecule has 0 aliphatic rings. The molecule has 1 aromatic carbocycles. The molecule has 17 heavy (non-hydrogen) atoms. The molecule has 0 spiro atoms. The normalized spacial score (nSPS) is 9.71. The zero-order chi connectivity index (χ0) is 12.5. The summed E-state index contributed by atoms with van der Waals surface area (Å²) in [6, 6.07) is 9.93. The smallest absolute Gasteiger partial charge is 0.317 e. The van der Waals surface area contributed by atoms with Crippen LogP contribution in [0.25, 0.3) is 0 Å². The van der Waals surface area contributed by atoms with Crippen LogP contribution in [0.4, 0.5) is 4.79 Å². The summed E-state index contributed by atoms with van der Waals surface area (Å²) in [5.74, 6) is 0. The zero-order valence-electron chi connectivity index (χ0n) is 10.4. The van der Waals surface area contributed by atoms with Gasteiger partial charge in [-0.05, 0) is 12.0 Å². The summed E-state index contributed by atoms with van der Waals surface area (Å²) in [5, 5.41) is 2.88. The molecule has 0 saturated carbocycles. The van der Waals surface area contributed by atoms with Crippen molar-refractivity contribution in [3.05, 3.63) is 48.6 Å². The first-order chi connectivity index (χ1) is 8.27. The Morgan fingerprint density at radius 1 is 1.41 bits per heavy atom. The third kappa shape index (κ3) is 4.72. The van der Waals surface area contributed by atoms with Crippen molar-refractivity contribution in [3.8, 4) is 0 Å². The second kappa shape index (κ2) is 7.49. The van der Waals surface area contributed by atoms with E-state index in [1.807, 2.05) is 37.3 Å². The summed E-state index contributed by atoms with van der Waals surface area (Å²) in [7, 11) is 0. The van der Waals surface area contributed by atoms with Gasteiger partial charge in [0.1, 0.15) is 0 Å². The number of carbonyl (C=O) groups is 1. The Labute approximate surface area is 103 Å². The average molecular weight is 232 g/mol. The van der Waals surface area contributed by atoms with Crippen molar-refractivity contribution >= 4 is 6.03 Å². The van der Waals surface area contributed by atoms with Crippen LogP contribution in [-0.4, -0.2) is 24.0 Å². The molecule has 0 aliphatic carbocycles. The predicted octanol–water partition coefficient (Wildman–Crippen LogP) is 2.79. The Morgan fingerprint density at radius 2 is 2.12 bits per heavy atom. The number of urea groups is 1. The molecule has 0 unspecified atom stereocenters. The molecule has 0 radical (unpaired) electrons. The molecule has 0 atom stereocenters. The summed E-state index contributed by atoms with van der Waals surface area (Å²) in [6.45, 7) is 7.60. The fourth-order valence-corrected chi connectivity index (χ4v) is 1.52. The van der Waals surface area contributed by atoms with Gasteiger partial charge in [0.15, 0.2) is 0 Å². The number of hydrogen-bond acceptors (Lipinski definition) is 1. The van der Waals surface area contributed by atoms with Gasteiger partial charge in [0.25, 0.3) is 0 Å². The van der Waals surface area contributed by atoms with Gasteiger partial charge in [-0.3, -0.25) is 0 Å². The van der Waals surface area contributed by atoms with Crippen LogP contribution < -0.4 is 5.32 Å². The maximum absolute atomic E-state index is 11.9. The molecule has 0 saturated heterocycles. The van der Waals surface area contributed by atoms with Crippen molar-refractivity contribution in [1.29, 1.82) is 0 Å². The first-order valence-electron chi connectivity index (χ1n) is 5.95. The Balaban J connectivity index is 2.59. The van der Waals surface area contributed by atoms with Crippen molar-refractivity contribution in [2.75, 3.05) is 13.1 Å². The molecule has 3 heteroatoms. The second-order valence-electron chi connectivity index (χ2n) is 3.89. The fourth-order valence-electron chi connectivity index (χ4n) is 1.52. The van der Waals surface area contributed by atoms with E-state index in [1.165, 1.54) is 0 Å². The van der Waals surface area contributed by atoms with E-state index in [2.05, 4.69) is 11.9 Å². The number of carbonyl (C=O) groups excluding carboxylic acids is 1. The maximum atomic E-state index is 11.9. The van der Waals surface area contributed by atoms with E-state index in [9.17, 15) is 4.79 Å². The fraction of sp³-hybridized carbons (Fsp3) is 0.357. The number of nitrogens with one attached hydrogen (secondary N) is 1. The van der Waals surface area contributed by atoms with Crippen molar-refractivity contribution in [2.24, 2.45) is 0 Å². The molecular formula is C14H20N2O. The number of hydrogen-bond donors (Lipinski definition) is 1. The molecule has 0 fully saturated rings. The SMILES string of the molecule is C=CCN(Cc1ccccc1)C(=O)NCCC. The largest absolute Gasteiger partial charge is 0.338 e. The minimum atomic E-state index is -0.0318. The lowest BCUT2D eigenvalue weighted by molar-refractivity contribution is 0.201. The summed E-state index contributed by atoms with van der Waals surface area (Å²) in [5.41, 5.74) is 1.13. The third-order valence-electron chi connectivity index (χ3n) is 2.38. The first-order valence-corrected chi connectivity index (χ1v) is 5.95. The molecule has 1 rings (SSSR count). The van der Waals surface area contributed by atoms with Gasteiger partial charge in [-0.25, -0.2) is 4.79 Å². The molecular weight excluding hydrogens is 212 g/mol. The highest BCUT2D eigenvalue weighted by Gasteiger charge is 2.11. The van der Waals surface area contributed by atoms with Crippen LogP contribution in [0.3, 0.4) is 0 Å². The summed E-state index contributed by atoms with van der Waals surface area (Å²) in [4.78, 5) is 13.6. The van der Waals surface area contributed by atoms with E-state index in [-0.39, 0.29) is 6.03 Å². The lowest BCUT2D eigenvalue weighted by Crippen LogP contribution is -2.39. The number of amides is 2. The van der Waals surface area contributed by atoms with E-state index >= 15 is 0 Å². The van der Waals surface area contributed by atoms with Crippen molar-refractivity contribution < 1.29 is 4.79 Å². The summed E-state index contributed by atoms with van der Waals surface area (Å²) >= 11 is 0. The van der Waals surface area contributed by atoms with Gasteiger partial charge < -0.3 is 10.2 Å². The van der Waals surface area contributed by atoms with Crippen LogP contribution in [-0.2, 0) is 6.54 Å². The summed E-state index contributed by atoms with van der Waals surface area (Å²) in [6.07, 6.45) is 2.69. The standard InChI is InChI=1S/C14H20N2O/c1-3-10-15-14(17)16(11-4-2)12-13-8-6-5-7-9-13/h4-9H,2-3,10-12H2,1H3,(H,15,17). The Bertz CT molecular complexity index is 348.